The molecular formula is C37H71NO4. The number of aliphatic hydroxyl groups excluding tert-OH is 3. The van der Waals surface area contributed by atoms with Gasteiger partial charge in [-0.3, -0.25) is 4.79 Å². The van der Waals surface area contributed by atoms with Gasteiger partial charge in [0.2, 0.25) is 5.91 Å². The lowest BCUT2D eigenvalue weighted by Crippen LogP contribution is -2.50. The fourth-order valence-electron chi connectivity index (χ4n) is 5.38. The molecule has 3 atom stereocenters. The van der Waals surface area contributed by atoms with Crippen LogP contribution in [0.3, 0.4) is 0 Å². The van der Waals surface area contributed by atoms with E-state index < -0.39 is 18.2 Å². The molecule has 0 saturated carbocycles. The van der Waals surface area contributed by atoms with E-state index in [1.807, 2.05) is 0 Å². The highest BCUT2D eigenvalue weighted by molar-refractivity contribution is 5.76. The third-order valence-electron chi connectivity index (χ3n) is 8.28. The molecule has 0 aliphatic heterocycles. The van der Waals surface area contributed by atoms with Crippen molar-refractivity contribution in [3.63, 3.8) is 0 Å². The summed E-state index contributed by atoms with van der Waals surface area (Å²) in [4.78, 5) is 12.3. The summed E-state index contributed by atoms with van der Waals surface area (Å²) in [5.74, 6) is -0.167. The van der Waals surface area contributed by atoms with Gasteiger partial charge in [-0.2, -0.15) is 0 Å². The molecule has 0 bridgehead atoms. The van der Waals surface area contributed by atoms with Gasteiger partial charge in [0.1, 0.15) is 6.10 Å². The Bertz CT molecular complexity index is 621. The van der Waals surface area contributed by atoms with E-state index in [2.05, 4.69) is 43.5 Å². The minimum absolute atomic E-state index is 0.167. The molecule has 0 aliphatic carbocycles. The van der Waals surface area contributed by atoms with E-state index in [1.54, 1.807) is 0 Å². The number of aliphatic hydroxyl groups is 3. The quantitative estimate of drug-likeness (QED) is 0.0462. The van der Waals surface area contributed by atoms with Crippen LogP contribution >= 0.6 is 0 Å². The molecule has 42 heavy (non-hydrogen) atoms. The van der Waals surface area contributed by atoms with Crippen molar-refractivity contribution < 1.29 is 20.1 Å². The second-order valence-electron chi connectivity index (χ2n) is 12.4. The summed E-state index contributed by atoms with van der Waals surface area (Å²) in [5, 5.41) is 33.3. The molecule has 0 fully saturated rings. The van der Waals surface area contributed by atoms with E-state index in [1.165, 1.54) is 109 Å². The molecule has 0 aromatic heterocycles. The lowest BCUT2D eigenvalue weighted by atomic mass is 10.0. The van der Waals surface area contributed by atoms with E-state index >= 15 is 0 Å². The van der Waals surface area contributed by atoms with E-state index in [9.17, 15) is 20.1 Å². The first-order valence-electron chi connectivity index (χ1n) is 18.1. The van der Waals surface area contributed by atoms with Crippen LogP contribution in [-0.4, -0.2) is 46.1 Å². The van der Waals surface area contributed by atoms with Gasteiger partial charge in [-0.1, -0.05) is 141 Å². The van der Waals surface area contributed by atoms with Crippen LogP contribution in [0, 0.1) is 0 Å². The Balaban J connectivity index is 3.74. The molecule has 0 spiro atoms. The fraction of sp³-hybridized carbons (Fsp3) is 0.865. The van der Waals surface area contributed by atoms with Gasteiger partial charge in [-0.15, -0.1) is 0 Å². The van der Waals surface area contributed by atoms with Crippen molar-refractivity contribution in [2.75, 3.05) is 6.61 Å². The summed E-state index contributed by atoms with van der Waals surface area (Å²) in [7, 11) is 0. The van der Waals surface area contributed by atoms with Crippen LogP contribution in [0.2, 0.25) is 0 Å². The van der Waals surface area contributed by atoms with Gasteiger partial charge < -0.3 is 20.6 Å². The normalized spacial score (nSPS) is 14.1. The molecule has 0 saturated heterocycles. The summed E-state index contributed by atoms with van der Waals surface area (Å²) >= 11 is 0. The van der Waals surface area contributed by atoms with E-state index in [-0.39, 0.29) is 12.5 Å². The third-order valence-corrected chi connectivity index (χ3v) is 8.28. The molecule has 1 amide bonds. The lowest BCUT2D eigenvalue weighted by molar-refractivity contribution is -0.124. The molecule has 5 nitrogen and oxygen atoms in total. The van der Waals surface area contributed by atoms with Crippen LogP contribution in [0.4, 0.5) is 0 Å². The van der Waals surface area contributed by atoms with Crippen LogP contribution in [0.1, 0.15) is 181 Å². The predicted octanol–water partition coefficient (Wildman–Crippen LogP) is 9.48. The Hall–Kier alpha value is -1.17. The lowest BCUT2D eigenvalue weighted by Gasteiger charge is -2.26. The van der Waals surface area contributed by atoms with E-state index in [0.717, 1.165) is 44.9 Å². The molecule has 5 heteroatoms. The Kier molecular flexibility index (Phi) is 31.8. The first-order valence-corrected chi connectivity index (χ1v) is 18.1. The first kappa shape index (κ1) is 40.8. The van der Waals surface area contributed by atoms with E-state index in [4.69, 9.17) is 0 Å². The number of hydrogen-bond donors (Lipinski definition) is 4. The second kappa shape index (κ2) is 32.7. The highest BCUT2D eigenvalue weighted by Crippen LogP contribution is 2.14. The molecular weight excluding hydrogens is 522 g/mol. The number of allylic oxidation sites excluding steroid dienone is 4. The number of hydrogen-bond acceptors (Lipinski definition) is 4. The van der Waals surface area contributed by atoms with Crippen molar-refractivity contribution in [1.29, 1.82) is 0 Å². The van der Waals surface area contributed by atoms with Gasteiger partial charge >= 0.3 is 0 Å². The highest BCUT2D eigenvalue weighted by Gasteiger charge is 2.26. The van der Waals surface area contributed by atoms with Gasteiger partial charge in [-0.05, 0) is 57.8 Å². The van der Waals surface area contributed by atoms with Crippen molar-refractivity contribution >= 4 is 5.91 Å². The Labute approximate surface area is 261 Å². The SMILES string of the molecule is CCCC/C=C\CCCCCCCC(=O)NC(CO)C(O)C(O)CCC/C=C/CCCCCCCCCCCCCC. The number of carbonyl (C=O) groups excluding carboxylic acids is 1. The van der Waals surface area contributed by atoms with Crippen LogP contribution in [0.25, 0.3) is 0 Å². The Morgan fingerprint density at radius 2 is 0.976 bits per heavy atom. The molecule has 3 unspecified atom stereocenters. The summed E-state index contributed by atoms with van der Waals surface area (Å²) in [6.07, 6.45) is 37.0. The van der Waals surface area contributed by atoms with Gasteiger partial charge in [-0.25, -0.2) is 0 Å². The smallest absolute Gasteiger partial charge is 0.220 e. The number of rotatable bonds is 32. The predicted molar refractivity (Wildman–Crippen MR) is 181 cm³/mol. The minimum Gasteiger partial charge on any atom is -0.394 e. The first-order chi connectivity index (χ1) is 20.6. The summed E-state index contributed by atoms with van der Waals surface area (Å²) in [6, 6.07) is -0.826. The van der Waals surface area contributed by atoms with Crippen LogP contribution in [0.15, 0.2) is 24.3 Å². The van der Waals surface area contributed by atoms with Crippen LogP contribution < -0.4 is 5.32 Å². The zero-order valence-corrected chi connectivity index (χ0v) is 27.9. The number of nitrogens with one attached hydrogen (secondary N) is 1. The standard InChI is InChI=1S/C37H71NO4/c1-3-5-7-9-11-13-15-16-17-18-19-20-22-23-25-27-29-31-35(40)37(42)34(33-39)38-36(41)32-30-28-26-24-21-14-12-10-8-6-4-2/h10,12,23,25,34-35,37,39-40,42H,3-9,11,13-22,24,26-33H2,1-2H3,(H,38,41)/b12-10-,25-23+. The second-order valence-corrected chi connectivity index (χ2v) is 12.4. The average molecular weight is 594 g/mol. The zero-order valence-electron chi connectivity index (χ0n) is 27.9. The zero-order chi connectivity index (χ0) is 30.9. The van der Waals surface area contributed by atoms with E-state index in [0.29, 0.717) is 12.8 Å². The molecule has 0 aliphatic rings. The molecule has 0 heterocycles. The maximum Gasteiger partial charge on any atom is 0.220 e. The molecule has 248 valence electrons. The molecule has 0 rings (SSSR count). The van der Waals surface area contributed by atoms with Gasteiger partial charge in [0.25, 0.3) is 0 Å². The third kappa shape index (κ3) is 27.7. The van der Waals surface area contributed by atoms with Gasteiger partial charge in [0.05, 0.1) is 18.8 Å². The van der Waals surface area contributed by atoms with Crippen molar-refractivity contribution in [1.82, 2.24) is 5.32 Å². The summed E-state index contributed by atoms with van der Waals surface area (Å²) in [5.41, 5.74) is 0. The molecule has 0 radical (unpaired) electrons. The summed E-state index contributed by atoms with van der Waals surface area (Å²) in [6.45, 7) is 4.10. The summed E-state index contributed by atoms with van der Waals surface area (Å²) < 4.78 is 0. The van der Waals surface area contributed by atoms with Crippen molar-refractivity contribution in [2.45, 2.75) is 199 Å². The van der Waals surface area contributed by atoms with Crippen molar-refractivity contribution in [2.24, 2.45) is 0 Å². The van der Waals surface area contributed by atoms with Gasteiger partial charge in [0.15, 0.2) is 0 Å². The van der Waals surface area contributed by atoms with Crippen LogP contribution in [-0.2, 0) is 4.79 Å². The number of amides is 1. The Morgan fingerprint density at radius 1 is 0.571 bits per heavy atom. The van der Waals surface area contributed by atoms with Crippen molar-refractivity contribution in [3.8, 4) is 0 Å². The van der Waals surface area contributed by atoms with Crippen molar-refractivity contribution in [3.05, 3.63) is 24.3 Å². The topological polar surface area (TPSA) is 89.8 Å². The Morgan fingerprint density at radius 3 is 1.45 bits per heavy atom. The average Bonchev–Trinajstić information content (AvgIpc) is 2.99. The van der Waals surface area contributed by atoms with Gasteiger partial charge in [0, 0.05) is 6.42 Å². The monoisotopic (exact) mass is 594 g/mol. The molecule has 4 N–H and O–H groups in total. The molecule has 0 aromatic rings. The number of unbranched alkanes of at least 4 members (excludes halogenated alkanes) is 20. The maximum absolute atomic E-state index is 12.3. The number of carbonyl (C=O) groups is 1. The molecule has 0 aromatic carbocycles. The maximum atomic E-state index is 12.3. The highest BCUT2D eigenvalue weighted by atomic mass is 16.3. The largest absolute Gasteiger partial charge is 0.394 e. The van der Waals surface area contributed by atoms with Crippen LogP contribution in [0.5, 0.6) is 0 Å². The fourth-order valence-corrected chi connectivity index (χ4v) is 5.38. The minimum atomic E-state index is -1.16.